The van der Waals surface area contributed by atoms with Gasteiger partial charge in [-0.25, -0.2) is 8.42 Å². The number of nitrogens with one attached hydrogen (secondary N) is 1. The number of carbonyl (C=O) groups is 2. The Morgan fingerprint density at radius 3 is 2.20 bits per heavy atom. The van der Waals surface area contributed by atoms with Crippen molar-refractivity contribution < 1.29 is 18.0 Å². The number of terminal acetylenes is 1. The molecule has 6 nitrogen and oxygen atoms in total. The smallest absolute Gasteiger partial charge is 0.241 e. The van der Waals surface area contributed by atoms with Crippen molar-refractivity contribution in [3.63, 3.8) is 0 Å². The Morgan fingerprint density at radius 1 is 1.15 bits per heavy atom. The molecule has 0 radical (unpaired) electrons. The molecule has 104 valence electrons. The molecule has 20 heavy (non-hydrogen) atoms. The molecule has 0 unspecified atom stereocenters. The zero-order chi connectivity index (χ0) is 14.8. The van der Waals surface area contributed by atoms with Gasteiger partial charge < -0.3 is 0 Å². The van der Waals surface area contributed by atoms with E-state index in [0.29, 0.717) is 5.69 Å². The van der Waals surface area contributed by atoms with Gasteiger partial charge in [0.2, 0.25) is 21.8 Å². The third-order valence-electron chi connectivity index (χ3n) is 2.82. The Hall–Kier alpha value is -2.17. The molecule has 0 aliphatic carbocycles. The second kappa shape index (κ2) is 5.45. The number of amides is 2. The van der Waals surface area contributed by atoms with Gasteiger partial charge in [-0.2, -0.15) is 4.72 Å². The molecule has 0 saturated carbocycles. The summed E-state index contributed by atoms with van der Waals surface area (Å²) in [4.78, 5) is 24.2. The lowest BCUT2D eigenvalue weighted by Gasteiger charge is -2.14. The fourth-order valence-electron chi connectivity index (χ4n) is 1.86. The molecule has 0 aromatic heterocycles. The van der Waals surface area contributed by atoms with E-state index in [1.807, 2.05) is 0 Å². The molecule has 7 heteroatoms. The summed E-state index contributed by atoms with van der Waals surface area (Å²) in [6, 6.07) is 5.50. The van der Waals surface area contributed by atoms with E-state index in [0.717, 1.165) is 4.90 Å². The maximum Gasteiger partial charge on any atom is 0.241 e. The van der Waals surface area contributed by atoms with E-state index >= 15 is 0 Å². The highest BCUT2D eigenvalue weighted by molar-refractivity contribution is 7.89. The molecule has 0 bridgehead atoms. The van der Waals surface area contributed by atoms with Crippen LogP contribution in [-0.4, -0.2) is 26.8 Å². The van der Waals surface area contributed by atoms with Crippen LogP contribution in [0.1, 0.15) is 12.8 Å². The van der Waals surface area contributed by atoms with Crippen molar-refractivity contribution in [2.45, 2.75) is 17.7 Å². The number of benzene rings is 1. The third kappa shape index (κ3) is 2.71. The van der Waals surface area contributed by atoms with Gasteiger partial charge in [-0.15, -0.1) is 6.42 Å². The Morgan fingerprint density at radius 2 is 1.70 bits per heavy atom. The van der Waals surface area contributed by atoms with E-state index in [9.17, 15) is 18.0 Å². The van der Waals surface area contributed by atoms with E-state index in [1.165, 1.54) is 24.3 Å². The Balaban J connectivity index is 2.25. The summed E-state index contributed by atoms with van der Waals surface area (Å²) in [5.74, 6) is 1.61. The number of carbonyl (C=O) groups excluding carboxylic acids is 2. The van der Waals surface area contributed by atoms with Crippen molar-refractivity contribution in [3.05, 3.63) is 24.3 Å². The van der Waals surface area contributed by atoms with Gasteiger partial charge >= 0.3 is 0 Å². The Kier molecular flexibility index (Phi) is 3.88. The molecule has 2 amide bonds. The monoisotopic (exact) mass is 292 g/mol. The number of nitrogens with zero attached hydrogens (tertiary/aromatic N) is 1. The number of rotatable bonds is 4. The number of hydrogen-bond acceptors (Lipinski definition) is 4. The molecule has 1 aromatic rings. The van der Waals surface area contributed by atoms with Gasteiger partial charge in [0.15, 0.2) is 0 Å². The first-order chi connectivity index (χ1) is 9.45. The normalized spacial score (nSPS) is 15.4. The van der Waals surface area contributed by atoms with Gasteiger partial charge in [-0.1, -0.05) is 5.92 Å². The number of anilines is 1. The Bertz CT molecular complexity index is 670. The first-order valence-corrected chi connectivity index (χ1v) is 7.33. The van der Waals surface area contributed by atoms with Crippen molar-refractivity contribution in [1.29, 1.82) is 0 Å². The third-order valence-corrected chi connectivity index (χ3v) is 4.24. The van der Waals surface area contributed by atoms with Crippen LogP contribution >= 0.6 is 0 Å². The van der Waals surface area contributed by atoms with Crippen molar-refractivity contribution in [3.8, 4) is 12.3 Å². The number of imide groups is 1. The number of hydrogen-bond donors (Lipinski definition) is 1. The molecule has 1 aromatic carbocycles. The molecule has 1 aliphatic rings. The summed E-state index contributed by atoms with van der Waals surface area (Å²) in [6.45, 7) is -0.104. The minimum Gasteiger partial charge on any atom is -0.274 e. The van der Waals surface area contributed by atoms with Crippen LogP contribution in [0.4, 0.5) is 5.69 Å². The zero-order valence-electron chi connectivity index (χ0n) is 10.5. The average Bonchev–Trinajstić information content (AvgIpc) is 2.76. The average molecular weight is 292 g/mol. The van der Waals surface area contributed by atoms with E-state index in [1.54, 1.807) is 0 Å². The van der Waals surface area contributed by atoms with Crippen LogP contribution in [0, 0.1) is 12.3 Å². The summed E-state index contributed by atoms with van der Waals surface area (Å²) in [6.07, 6.45) is 5.36. The maximum absolute atomic E-state index is 11.8. The van der Waals surface area contributed by atoms with Crippen molar-refractivity contribution in [2.75, 3.05) is 11.4 Å². The SMILES string of the molecule is C#CCNS(=O)(=O)c1ccc(N2C(=O)CCC2=O)cc1. The van der Waals surface area contributed by atoms with E-state index in [-0.39, 0.29) is 36.1 Å². The molecule has 1 saturated heterocycles. The van der Waals surface area contributed by atoms with Gasteiger partial charge in [-0.3, -0.25) is 14.5 Å². The van der Waals surface area contributed by atoms with Crippen LogP contribution in [0.3, 0.4) is 0 Å². The van der Waals surface area contributed by atoms with Gasteiger partial charge in [0.1, 0.15) is 0 Å². The molecule has 1 fully saturated rings. The summed E-state index contributed by atoms with van der Waals surface area (Å²) >= 11 is 0. The highest BCUT2D eigenvalue weighted by Crippen LogP contribution is 2.23. The first kappa shape index (κ1) is 14.2. The molecule has 0 spiro atoms. The van der Waals surface area contributed by atoms with Crippen molar-refractivity contribution in [1.82, 2.24) is 4.72 Å². The van der Waals surface area contributed by atoms with Crippen molar-refractivity contribution >= 4 is 27.5 Å². The molecular formula is C13H12N2O4S. The Labute approximate surface area is 116 Å². The second-order valence-electron chi connectivity index (χ2n) is 4.15. The van der Waals surface area contributed by atoms with Crippen LogP contribution in [-0.2, 0) is 19.6 Å². The van der Waals surface area contributed by atoms with E-state index in [4.69, 9.17) is 6.42 Å². The summed E-state index contributed by atoms with van der Waals surface area (Å²) in [5.41, 5.74) is 0.369. The predicted molar refractivity (Wildman–Crippen MR) is 72.2 cm³/mol. The quantitative estimate of drug-likeness (QED) is 0.637. The summed E-state index contributed by atoms with van der Waals surface area (Å²) < 4.78 is 25.8. The fraction of sp³-hybridized carbons (Fsp3) is 0.231. The van der Waals surface area contributed by atoms with Gasteiger partial charge in [0.05, 0.1) is 17.1 Å². The largest absolute Gasteiger partial charge is 0.274 e. The molecule has 2 rings (SSSR count). The lowest BCUT2D eigenvalue weighted by Crippen LogP contribution is -2.28. The summed E-state index contributed by atoms with van der Waals surface area (Å²) in [7, 11) is -3.67. The van der Waals surface area contributed by atoms with Gasteiger partial charge in [-0.05, 0) is 24.3 Å². The van der Waals surface area contributed by atoms with Crippen molar-refractivity contribution in [2.24, 2.45) is 0 Å². The molecule has 1 aliphatic heterocycles. The lowest BCUT2D eigenvalue weighted by atomic mass is 10.3. The minimum atomic E-state index is -3.67. The second-order valence-corrected chi connectivity index (χ2v) is 5.91. The highest BCUT2D eigenvalue weighted by atomic mass is 32.2. The van der Waals surface area contributed by atoms with Crippen LogP contribution in [0.2, 0.25) is 0 Å². The van der Waals surface area contributed by atoms with Crippen LogP contribution in [0.5, 0.6) is 0 Å². The van der Waals surface area contributed by atoms with Gasteiger partial charge in [0.25, 0.3) is 0 Å². The van der Waals surface area contributed by atoms with Crippen LogP contribution in [0.25, 0.3) is 0 Å². The molecule has 1 N–H and O–H groups in total. The highest BCUT2D eigenvalue weighted by Gasteiger charge is 2.30. The molecular weight excluding hydrogens is 280 g/mol. The summed E-state index contributed by atoms with van der Waals surface area (Å²) in [5, 5.41) is 0. The topological polar surface area (TPSA) is 83.6 Å². The van der Waals surface area contributed by atoms with E-state index < -0.39 is 10.0 Å². The maximum atomic E-state index is 11.8. The molecule has 1 heterocycles. The number of sulfonamides is 1. The molecule has 0 atom stereocenters. The van der Waals surface area contributed by atoms with E-state index in [2.05, 4.69) is 10.6 Å². The van der Waals surface area contributed by atoms with Gasteiger partial charge in [0, 0.05) is 12.8 Å². The lowest BCUT2D eigenvalue weighted by molar-refractivity contribution is -0.121. The zero-order valence-corrected chi connectivity index (χ0v) is 11.3. The van der Waals surface area contributed by atoms with Crippen LogP contribution in [0.15, 0.2) is 29.2 Å². The fourth-order valence-corrected chi connectivity index (χ4v) is 2.79. The minimum absolute atomic E-state index is 0.0237. The first-order valence-electron chi connectivity index (χ1n) is 5.84. The predicted octanol–water partition coefficient (Wildman–Crippen LogP) is 0.251. The van der Waals surface area contributed by atoms with Crippen LogP contribution < -0.4 is 9.62 Å². The standard InChI is InChI=1S/C13H12N2O4S/c1-2-9-14-20(18,19)11-5-3-10(4-6-11)15-12(16)7-8-13(15)17/h1,3-6,14H,7-9H2.